The van der Waals surface area contributed by atoms with Gasteiger partial charge in [0.15, 0.2) is 11.4 Å². The van der Waals surface area contributed by atoms with E-state index in [1.54, 1.807) is 12.1 Å². The minimum absolute atomic E-state index is 0.0639. The van der Waals surface area contributed by atoms with Crippen molar-refractivity contribution in [2.75, 3.05) is 5.32 Å². The number of hydrogen-bond donors (Lipinski definition) is 6. The van der Waals surface area contributed by atoms with Crippen LogP contribution in [0, 0.1) is 21.7 Å². The van der Waals surface area contributed by atoms with E-state index < -0.39 is 34.0 Å². The lowest BCUT2D eigenvalue weighted by atomic mass is 10.1. The number of benzene rings is 2. The first kappa shape index (κ1) is 26.8. The number of carbonyl (C=O) groups excluding carboxylic acids is 2. The van der Waals surface area contributed by atoms with Crippen LogP contribution in [0.25, 0.3) is 11.0 Å². The number of carbonyl (C=O) groups is 2. The van der Waals surface area contributed by atoms with Gasteiger partial charge in [-0.25, -0.2) is 26.1 Å². The Morgan fingerprint density at radius 3 is 2.49 bits per heavy atom. The van der Waals surface area contributed by atoms with Crippen LogP contribution in [0.15, 0.2) is 78.3 Å². The van der Waals surface area contributed by atoms with Crippen LogP contribution in [-0.4, -0.2) is 42.9 Å². The molecule has 0 aliphatic heterocycles. The highest BCUT2D eigenvalue weighted by molar-refractivity contribution is 6.44. The lowest BCUT2D eigenvalue weighted by Crippen LogP contribution is -3.06. The molecule has 0 radical (unpaired) electrons. The first-order valence-electron chi connectivity index (χ1n) is 11.1. The van der Waals surface area contributed by atoms with Crippen LogP contribution < -0.4 is 21.2 Å². The zero-order valence-corrected chi connectivity index (χ0v) is 19.8. The highest BCUT2D eigenvalue weighted by Gasteiger charge is 2.33. The molecule has 4 aromatic rings. The Hall–Kier alpha value is -5.21. The van der Waals surface area contributed by atoms with Gasteiger partial charge in [-0.3, -0.25) is 19.6 Å². The van der Waals surface area contributed by atoms with Crippen molar-refractivity contribution in [2.45, 2.75) is 6.04 Å². The van der Waals surface area contributed by atoms with Crippen molar-refractivity contribution < 1.29 is 30.5 Å². The molecule has 39 heavy (non-hydrogen) atoms. The molecule has 0 saturated heterocycles. The lowest BCUT2D eigenvalue weighted by Gasteiger charge is -2.24. The molecule has 3 atom stereocenters. The normalized spacial score (nSPS) is 13.7. The number of hydroxylamine groups is 2. The van der Waals surface area contributed by atoms with Crippen LogP contribution in [0.5, 0.6) is 0 Å². The molecule has 2 amide bonds. The van der Waals surface area contributed by atoms with Crippen LogP contribution in [0.2, 0.25) is 0 Å². The van der Waals surface area contributed by atoms with Gasteiger partial charge < -0.3 is 15.7 Å². The van der Waals surface area contributed by atoms with Crippen molar-refractivity contribution in [2.24, 2.45) is 5.10 Å². The van der Waals surface area contributed by atoms with Crippen LogP contribution >= 0.6 is 0 Å². The molecule has 4 rings (SSSR count). The number of anilines is 1. The molecule has 2 aromatic heterocycles. The monoisotopic (exact) mass is 529 g/mol. The number of hydrazone groups is 1. The summed E-state index contributed by atoms with van der Waals surface area (Å²) < 4.78 is 0. The summed E-state index contributed by atoms with van der Waals surface area (Å²) in [5, 5.41) is 56.1. The predicted octanol–water partition coefficient (Wildman–Crippen LogP) is -0.462. The van der Waals surface area contributed by atoms with Crippen LogP contribution in [0.1, 0.15) is 27.7 Å². The molecule has 196 valence electrons. The first-order chi connectivity index (χ1) is 18.8. The van der Waals surface area contributed by atoms with Crippen LogP contribution in [-0.2, 0) is 4.79 Å². The highest BCUT2D eigenvalue weighted by atomic mass is 16.8. The van der Waals surface area contributed by atoms with E-state index in [9.17, 15) is 35.7 Å². The first-order valence-corrected chi connectivity index (χ1v) is 11.1. The average Bonchev–Trinajstić information content (AvgIpc) is 2.94. The summed E-state index contributed by atoms with van der Waals surface area (Å²) >= 11 is 0. The van der Waals surface area contributed by atoms with Crippen LogP contribution in [0.4, 0.5) is 11.4 Å². The topological polar surface area (TPSA) is 228 Å². The molecule has 3 unspecified atom stereocenters. The quantitative estimate of drug-likeness (QED) is 0.127. The molecule has 2 heterocycles. The molecular weight excluding hydrogens is 510 g/mol. The average molecular weight is 529 g/mol. The Kier molecular flexibility index (Phi) is 8.18. The maximum absolute atomic E-state index is 13.4. The van der Waals surface area contributed by atoms with Crippen molar-refractivity contribution in [3.05, 3.63) is 100 Å². The summed E-state index contributed by atoms with van der Waals surface area (Å²) in [6.07, 6.45) is 3.83. The molecule has 15 heteroatoms. The number of hydrogen-bond acceptors (Lipinski definition) is 11. The number of nitrogens with one attached hydrogen (secondary N) is 4. The number of aromatic nitrogens is 3. The van der Waals surface area contributed by atoms with E-state index >= 15 is 0 Å². The molecule has 0 bridgehead atoms. The van der Waals surface area contributed by atoms with Gasteiger partial charge in [0.25, 0.3) is 11.8 Å². The zero-order valence-electron chi connectivity index (χ0n) is 19.8. The standard InChI is InChI=1S/C24H19N9O6/c25-12-15-3-1-2-4-17(15)29-24(35)21(30-31-23(34)14-7-9-26-10-8-14)22(33(38)39)20-13-27-18-6-5-16(32(36)37)11-19(18)28-20/h1-11,13,22,32-33,36,38H,(H,29,35)(H,31,34)/b30-21+. The smallest absolute Gasteiger partial charge is 0.278 e. The van der Waals surface area contributed by atoms with Gasteiger partial charge in [-0.15, -0.1) is 0 Å². The maximum Gasteiger partial charge on any atom is 0.278 e. The Morgan fingerprint density at radius 2 is 1.79 bits per heavy atom. The lowest BCUT2D eigenvalue weighted by molar-refractivity contribution is -1.06. The van der Waals surface area contributed by atoms with Gasteiger partial charge in [0.2, 0.25) is 6.04 Å². The third kappa shape index (κ3) is 6.20. The van der Waals surface area contributed by atoms with Crippen molar-refractivity contribution in [1.82, 2.24) is 20.4 Å². The van der Waals surface area contributed by atoms with Gasteiger partial charge in [-0.05, 0) is 30.3 Å². The number of pyridine rings is 1. The molecule has 6 N–H and O–H groups in total. The van der Waals surface area contributed by atoms with Crippen LogP contribution in [0.3, 0.4) is 0 Å². The van der Waals surface area contributed by atoms with Crippen molar-refractivity contribution in [1.29, 1.82) is 5.26 Å². The predicted molar refractivity (Wildman–Crippen MR) is 133 cm³/mol. The summed E-state index contributed by atoms with van der Waals surface area (Å²) in [5.74, 6) is -1.79. The number of amides is 2. The van der Waals surface area contributed by atoms with Gasteiger partial charge in [-0.1, -0.05) is 12.1 Å². The zero-order chi connectivity index (χ0) is 27.9. The second kappa shape index (κ2) is 11.9. The Morgan fingerprint density at radius 1 is 1.05 bits per heavy atom. The number of rotatable bonds is 8. The summed E-state index contributed by atoms with van der Waals surface area (Å²) in [6, 6.07) is 12.8. The number of quaternary nitrogens is 2. The number of nitriles is 1. The van der Waals surface area contributed by atoms with E-state index in [1.165, 1.54) is 54.9 Å². The van der Waals surface area contributed by atoms with Crippen molar-refractivity contribution in [3.8, 4) is 6.07 Å². The SMILES string of the molecule is N#Cc1ccccc1NC(=O)/C(=N/NC(=O)c1ccncc1)C(c1cnc2ccc([NH+]([O-])O)cc2n1)[NH+]([O-])O. The maximum atomic E-state index is 13.4. The fraction of sp³-hybridized carbons (Fsp3) is 0.0417. The third-order valence-corrected chi connectivity index (χ3v) is 5.37. The third-order valence-electron chi connectivity index (χ3n) is 5.37. The van der Waals surface area contributed by atoms with Crippen molar-refractivity contribution >= 4 is 39.9 Å². The summed E-state index contributed by atoms with van der Waals surface area (Å²) in [7, 11) is 0. The van der Waals surface area contributed by atoms with Crippen molar-refractivity contribution in [3.63, 3.8) is 0 Å². The van der Waals surface area contributed by atoms with E-state index in [0.717, 1.165) is 6.20 Å². The van der Waals surface area contributed by atoms with Gasteiger partial charge >= 0.3 is 0 Å². The minimum Gasteiger partial charge on any atom is -0.599 e. The molecule has 2 aromatic carbocycles. The fourth-order valence-electron chi connectivity index (χ4n) is 3.48. The Bertz CT molecular complexity index is 1590. The fourth-order valence-corrected chi connectivity index (χ4v) is 3.48. The summed E-state index contributed by atoms with van der Waals surface area (Å²) in [6.45, 7) is 0. The van der Waals surface area contributed by atoms with E-state index in [1.807, 2.05) is 6.07 Å². The second-order valence-corrected chi connectivity index (χ2v) is 7.86. The number of fused-ring (bicyclic) bond motifs is 1. The van der Waals surface area contributed by atoms with E-state index in [4.69, 9.17) is 0 Å². The Labute approximate surface area is 219 Å². The number of nitrogens with zero attached hydrogens (tertiary/aromatic N) is 5. The van der Waals surface area contributed by atoms with E-state index in [0.29, 0.717) is 0 Å². The molecular formula is C24H19N9O6. The Balaban J connectivity index is 1.78. The summed E-state index contributed by atoms with van der Waals surface area (Å²) in [5.41, 5.74) is 1.80. The molecule has 0 saturated carbocycles. The number of para-hydroxylation sites is 1. The molecule has 0 aliphatic rings. The molecule has 0 fully saturated rings. The van der Waals surface area contributed by atoms with Gasteiger partial charge in [0, 0.05) is 30.1 Å². The highest BCUT2D eigenvalue weighted by Crippen LogP contribution is 2.19. The van der Waals surface area contributed by atoms with Gasteiger partial charge in [0.1, 0.15) is 11.8 Å². The minimum atomic E-state index is -1.85. The second-order valence-electron chi connectivity index (χ2n) is 7.86. The summed E-state index contributed by atoms with van der Waals surface area (Å²) in [4.78, 5) is 38.1. The van der Waals surface area contributed by atoms with E-state index in [-0.39, 0.29) is 39.2 Å². The largest absolute Gasteiger partial charge is 0.599 e. The molecule has 15 nitrogen and oxygen atoms in total. The van der Waals surface area contributed by atoms with E-state index in [2.05, 4.69) is 30.8 Å². The molecule has 0 spiro atoms. The molecule has 0 aliphatic carbocycles. The van der Waals surface area contributed by atoms with Gasteiger partial charge in [-0.2, -0.15) is 15.6 Å². The van der Waals surface area contributed by atoms with Gasteiger partial charge in [0.05, 0.1) is 28.5 Å².